The molecule has 0 saturated heterocycles. The SMILES string of the molecule is Nc1c2c(nc3c(I)cc(Cl)cc13)CCCCC2. The van der Waals surface area contributed by atoms with Crippen LogP contribution in [0.1, 0.15) is 30.5 Å². The van der Waals surface area contributed by atoms with Crippen LogP contribution in [0.5, 0.6) is 0 Å². The van der Waals surface area contributed by atoms with Gasteiger partial charge in [0.1, 0.15) is 0 Å². The molecule has 0 unspecified atom stereocenters. The summed E-state index contributed by atoms with van der Waals surface area (Å²) in [5.41, 5.74) is 10.7. The van der Waals surface area contributed by atoms with E-state index in [4.69, 9.17) is 22.3 Å². The van der Waals surface area contributed by atoms with Gasteiger partial charge in [0.25, 0.3) is 0 Å². The third-order valence-corrected chi connectivity index (χ3v) is 4.62. The minimum Gasteiger partial charge on any atom is -0.398 e. The highest BCUT2D eigenvalue weighted by Crippen LogP contribution is 2.34. The molecule has 4 heteroatoms. The van der Waals surface area contributed by atoms with Gasteiger partial charge in [0.15, 0.2) is 0 Å². The van der Waals surface area contributed by atoms with E-state index in [2.05, 4.69) is 22.6 Å². The molecular formula is C14H14ClIN2. The molecule has 0 bridgehead atoms. The van der Waals surface area contributed by atoms with Gasteiger partial charge in [0.05, 0.1) is 5.52 Å². The van der Waals surface area contributed by atoms with E-state index in [1.165, 1.54) is 30.5 Å². The number of hydrogen-bond donors (Lipinski definition) is 1. The maximum Gasteiger partial charge on any atom is 0.0860 e. The maximum atomic E-state index is 6.35. The Morgan fingerprint density at radius 1 is 1.17 bits per heavy atom. The molecule has 2 aromatic rings. The Kier molecular flexibility index (Phi) is 3.36. The highest BCUT2D eigenvalue weighted by molar-refractivity contribution is 14.1. The van der Waals surface area contributed by atoms with Gasteiger partial charge < -0.3 is 5.73 Å². The van der Waals surface area contributed by atoms with Crippen molar-refractivity contribution in [1.29, 1.82) is 0 Å². The summed E-state index contributed by atoms with van der Waals surface area (Å²) >= 11 is 8.41. The maximum absolute atomic E-state index is 6.35. The van der Waals surface area contributed by atoms with Crippen LogP contribution in [0.2, 0.25) is 5.02 Å². The van der Waals surface area contributed by atoms with Gasteiger partial charge in [-0.1, -0.05) is 18.0 Å². The molecule has 0 spiro atoms. The fourth-order valence-electron chi connectivity index (χ4n) is 2.66. The summed E-state index contributed by atoms with van der Waals surface area (Å²) in [7, 11) is 0. The van der Waals surface area contributed by atoms with E-state index in [0.717, 1.165) is 38.0 Å². The zero-order valence-electron chi connectivity index (χ0n) is 9.97. The highest BCUT2D eigenvalue weighted by atomic mass is 127. The molecule has 1 aromatic carbocycles. The lowest BCUT2D eigenvalue weighted by molar-refractivity contribution is 0.709. The number of hydrogen-bond acceptors (Lipinski definition) is 2. The largest absolute Gasteiger partial charge is 0.398 e. The van der Waals surface area contributed by atoms with Gasteiger partial charge in [-0.15, -0.1) is 0 Å². The van der Waals surface area contributed by atoms with E-state index in [9.17, 15) is 0 Å². The molecular weight excluding hydrogens is 359 g/mol. The van der Waals surface area contributed by atoms with Crippen molar-refractivity contribution in [3.63, 3.8) is 0 Å². The van der Waals surface area contributed by atoms with Gasteiger partial charge >= 0.3 is 0 Å². The highest BCUT2D eigenvalue weighted by Gasteiger charge is 2.16. The number of nitrogen functional groups attached to an aromatic ring is 1. The van der Waals surface area contributed by atoms with Gasteiger partial charge in [0, 0.05) is 25.4 Å². The first kappa shape index (κ1) is 12.5. The van der Waals surface area contributed by atoms with Crippen LogP contribution in [0, 0.1) is 3.57 Å². The van der Waals surface area contributed by atoms with Crippen LogP contribution in [0.4, 0.5) is 5.69 Å². The number of halogens is 2. The number of benzene rings is 1. The average molecular weight is 373 g/mol. The van der Waals surface area contributed by atoms with E-state index in [1.807, 2.05) is 12.1 Å². The zero-order valence-corrected chi connectivity index (χ0v) is 12.9. The van der Waals surface area contributed by atoms with E-state index >= 15 is 0 Å². The molecule has 0 atom stereocenters. The lowest BCUT2D eigenvalue weighted by Crippen LogP contribution is -2.03. The minimum absolute atomic E-state index is 0.731. The van der Waals surface area contributed by atoms with E-state index in [0.29, 0.717) is 0 Å². The number of aryl methyl sites for hydroxylation is 1. The van der Waals surface area contributed by atoms with Crippen LogP contribution < -0.4 is 5.73 Å². The summed E-state index contributed by atoms with van der Waals surface area (Å²) in [4.78, 5) is 4.83. The Hall–Kier alpha value is -0.550. The molecule has 94 valence electrons. The molecule has 0 fully saturated rings. The molecule has 1 aromatic heterocycles. The van der Waals surface area contributed by atoms with Gasteiger partial charge in [-0.2, -0.15) is 0 Å². The number of nitrogens with zero attached hydrogens (tertiary/aromatic N) is 1. The average Bonchev–Trinajstić information content (AvgIpc) is 2.56. The first-order valence-corrected chi connectivity index (χ1v) is 7.68. The summed E-state index contributed by atoms with van der Waals surface area (Å²) in [6, 6.07) is 3.88. The van der Waals surface area contributed by atoms with Crippen molar-refractivity contribution in [2.24, 2.45) is 0 Å². The molecule has 0 radical (unpaired) electrons. The van der Waals surface area contributed by atoms with Crippen LogP contribution in [-0.4, -0.2) is 4.98 Å². The molecule has 1 aliphatic carbocycles. The van der Waals surface area contributed by atoms with Crippen LogP contribution in [0.15, 0.2) is 12.1 Å². The number of fused-ring (bicyclic) bond motifs is 2. The standard InChI is InChI=1S/C14H14ClIN2/c15-8-6-10-13(17)9-4-2-1-3-5-12(9)18-14(10)11(16)7-8/h6-7H,1-5H2,(H2,17,18). The normalized spacial score (nSPS) is 15.4. The van der Waals surface area contributed by atoms with Crippen molar-refractivity contribution < 1.29 is 0 Å². The van der Waals surface area contributed by atoms with Gasteiger partial charge in [-0.25, -0.2) is 0 Å². The molecule has 3 rings (SSSR count). The Bertz CT molecular complexity index is 625. The molecule has 2 N–H and O–H groups in total. The second-order valence-electron chi connectivity index (χ2n) is 4.80. The molecule has 0 amide bonds. The van der Waals surface area contributed by atoms with Crippen LogP contribution in [0.25, 0.3) is 10.9 Å². The molecule has 0 saturated carbocycles. The second kappa shape index (κ2) is 4.85. The third kappa shape index (κ3) is 2.07. The molecule has 2 nitrogen and oxygen atoms in total. The second-order valence-corrected chi connectivity index (χ2v) is 6.39. The van der Waals surface area contributed by atoms with Crippen molar-refractivity contribution >= 4 is 50.8 Å². The summed E-state index contributed by atoms with van der Waals surface area (Å²) in [6.45, 7) is 0. The number of anilines is 1. The van der Waals surface area contributed by atoms with Crippen molar-refractivity contribution in [3.8, 4) is 0 Å². The summed E-state index contributed by atoms with van der Waals surface area (Å²) in [6.07, 6.45) is 5.79. The number of nitrogens with two attached hydrogens (primary N) is 1. The van der Waals surface area contributed by atoms with Crippen molar-refractivity contribution in [2.75, 3.05) is 5.73 Å². The first-order chi connectivity index (χ1) is 8.66. The lowest BCUT2D eigenvalue weighted by atomic mass is 10.0. The third-order valence-electron chi connectivity index (χ3n) is 3.58. The predicted octanol–water partition coefficient (Wildman–Crippen LogP) is 4.34. The minimum atomic E-state index is 0.731. The Labute approximate surface area is 125 Å². The lowest BCUT2D eigenvalue weighted by Gasteiger charge is -2.13. The van der Waals surface area contributed by atoms with Gasteiger partial charge in [-0.3, -0.25) is 4.98 Å². The summed E-state index contributed by atoms with van der Waals surface area (Å²) in [5.74, 6) is 0. The Balaban J connectivity index is 2.34. The number of pyridine rings is 1. The van der Waals surface area contributed by atoms with Crippen LogP contribution in [-0.2, 0) is 12.8 Å². The van der Waals surface area contributed by atoms with Crippen molar-refractivity contribution in [3.05, 3.63) is 32.0 Å². The number of aromatic nitrogens is 1. The monoisotopic (exact) mass is 372 g/mol. The smallest absolute Gasteiger partial charge is 0.0860 e. The fourth-order valence-corrected chi connectivity index (χ4v) is 3.81. The van der Waals surface area contributed by atoms with Gasteiger partial charge in [0.2, 0.25) is 0 Å². The molecule has 1 heterocycles. The zero-order chi connectivity index (χ0) is 12.7. The van der Waals surface area contributed by atoms with E-state index in [1.54, 1.807) is 0 Å². The van der Waals surface area contributed by atoms with Crippen LogP contribution >= 0.6 is 34.2 Å². The fraction of sp³-hybridized carbons (Fsp3) is 0.357. The molecule has 18 heavy (non-hydrogen) atoms. The van der Waals surface area contributed by atoms with Crippen molar-refractivity contribution in [1.82, 2.24) is 4.98 Å². The van der Waals surface area contributed by atoms with Gasteiger partial charge in [-0.05, 0) is 66.0 Å². The summed E-state index contributed by atoms with van der Waals surface area (Å²) in [5, 5.41) is 1.74. The summed E-state index contributed by atoms with van der Waals surface area (Å²) < 4.78 is 1.08. The van der Waals surface area contributed by atoms with E-state index in [-0.39, 0.29) is 0 Å². The predicted molar refractivity (Wildman–Crippen MR) is 85.1 cm³/mol. The van der Waals surface area contributed by atoms with Crippen LogP contribution in [0.3, 0.4) is 0 Å². The molecule has 0 aliphatic heterocycles. The molecule has 1 aliphatic rings. The number of rotatable bonds is 0. The Morgan fingerprint density at radius 3 is 2.78 bits per heavy atom. The topological polar surface area (TPSA) is 38.9 Å². The van der Waals surface area contributed by atoms with Crippen molar-refractivity contribution in [2.45, 2.75) is 32.1 Å². The Morgan fingerprint density at radius 2 is 1.94 bits per heavy atom. The van der Waals surface area contributed by atoms with E-state index < -0.39 is 0 Å². The first-order valence-electron chi connectivity index (χ1n) is 6.23. The quantitative estimate of drug-likeness (QED) is 0.552.